The number of aromatic nitrogens is 1. The zero-order valence-electron chi connectivity index (χ0n) is 15.4. The Balaban J connectivity index is 1.61. The second-order valence-electron chi connectivity index (χ2n) is 7.28. The SMILES string of the molecule is Cc1cccc(C2[NH+](Cc3ccccc3)CC[NH+]2Cc2ccccc2)n1. The molecule has 2 heterocycles. The van der Waals surface area contributed by atoms with Gasteiger partial charge in [0.25, 0.3) is 6.17 Å². The second-order valence-corrected chi connectivity index (χ2v) is 7.28. The fourth-order valence-electron chi connectivity index (χ4n) is 4.14. The first-order chi connectivity index (χ1) is 12.8. The van der Waals surface area contributed by atoms with Gasteiger partial charge < -0.3 is 0 Å². The van der Waals surface area contributed by atoms with E-state index in [1.165, 1.54) is 29.9 Å². The lowest BCUT2D eigenvalue weighted by Gasteiger charge is -2.24. The predicted octanol–water partition coefficient (Wildman–Crippen LogP) is 1.57. The van der Waals surface area contributed by atoms with Crippen LogP contribution in [0.3, 0.4) is 0 Å². The van der Waals surface area contributed by atoms with Gasteiger partial charge in [-0.15, -0.1) is 0 Å². The summed E-state index contributed by atoms with van der Waals surface area (Å²) in [4.78, 5) is 8.12. The Bertz CT molecular complexity index is 783. The van der Waals surface area contributed by atoms with E-state index >= 15 is 0 Å². The van der Waals surface area contributed by atoms with E-state index < -0.39 is 0 Å². The Morgan fingerprint density at radius 3 is 1.77 bits per heavy atom. The maximum Gasteiger partial charge on any atom is 0.258 e. The lowest BCUT2D eigenvalue weighted by molar-refractivity contribution is -1.09. The number of rotatable bonds is 5. The van der Waals surface area contributed by atoms with Crippen LogP contribution in [0.4, 0.5) is 0 Å². The van der Waals surface area contributed by atoms with Crippen LogP contribution in [0.1, 0.15) is 28.7 Å². The zero-order valence-corrected chi connectivity index (χ0v) is 15.4. The number of quaternary nitrogens is 2. The molecule has 0 saturated carbocycles. The van der Waals surface area contributed by atoms with Crippen molar-refractivity contribution in [2.45, 2.75) is 26.2 Å². The number of aryl methyl sites for hydroxylation is 1. The van der Waals surface area contributed by atoms with Crippen LogP contribution in [0.25, 0.3) is 0 Å². The third-order valence-electron chi connectivity index (χ3n) is 5.34. The first-order valence-corrected chi connectivity index (χ1v) is 9.50. The van der Waals surface area contributed by atoms with Crippen molar-refractivity contribution in [3.8, 4) is 0 Å². The van der Waals surface area contributed by atoms with Gasteiger partial charge in [0.15, 0.2) is 5.69 Å². The van der Waals surface area contributed by atoms with E-state index in [-0.39, 0.29) is 0 Å². The van der Waals surface area contributed by atoms with Crippen molar-refractivity contribution in [2.24, 2.45) is 0 Å². The van der Waals surface area contributed by atoms with Crippen molar-refractivity contribution in [2.75, 3.05) is 13.1 Å². The van der Waals surface area contributed by atoms with Gasteiger partial charge in [-0.05, 0) is 19.1 Å². The van der Waals surface area contributed by atoms with Crippen LogP contribution in [0.2, 0.25) is 0 Å². The molecule has 26 heavy (non-hydrogen) atoms. The summed E-state index contributed by atoms with van der Waals surface area (Å²) in [6, 6.07) is 28.1. The van der Waals surface area contributed by atoms with Gasteiger partial charge in [0.05, 0.1) is 0 Å². The number of nitrogens with one attached hydrogen (secondary N) is 2. The maximum absolute atomic E-state index is 4.90. The average Bonchev–Trinajstić information content (AvgIpc) is 3.05. The molecular formula is C23H27N3+2. The number of benzene rings is 2. The summed E-state index contributed by atoms with van der Waals surface area (Å²) in [5, 5.41) is 0. The summed E-state index contributed by atoms with van der Waals surface area (Å²) in [6.45, 7) is 6.56. The molecule has 2 N–H and O–H groups in total. The molecule has 1 aromatic heterocycles. The highest BCUT2D eigenvalue weighted by molar-refractivity contribution is 5.15. The molecule has 0 radical (unpaired) electrons. The first kappa shape index (κ1) is 17.0. The summed E-state index contributed by atoms with van der Waals surface area (Å²) in [6.07, 6.45) is 0.385. The van der Waals surface area contributed by atoms with Gasteiger partial charge in [-0.2, -0.15) is 0 Å². The Hall–Kier alpha value is -2.49. The fraction of sp³-hybridized carbons (Fsp3) is 0.261. The van der Waals surface area contributed by atoms with Crippen LogP contribution in [-0.2, 0) is 13.1 Å². The minimum Gasteiger partial charge on any atom is -0.272 e. The van der Waals surface area contributed by atoms with Crippen LogP contribution in [-0.4, -0.2) is 18.1 Å². The molecule has 3 aromatic rings. The molecule has 0 aliphatic carbocycles. The van der Waals surface area contributed by atoms with Crippen molar-refractivity contribution in [1.82, 2.24) is 4.98 Å². The molecule has 1 saturated heterocycles. The van der Waals surface area contributed by atoms with Crippen LogP contribution in [0.5, 0.6) is 0 Å². The van der Waals surface area contributed by atoms with Crippen LogP contribution in [0, 0.1) is 6.92 Å². The number of nitrogens with zero attached hydrogens (tertiary/aromatic N) is 1. The Morgan fingerprint density at radius 2 is 1.27 bits per heavy atom. The smallest absolute Gasteiger partial charge is 0.258 e. The predicted molar refractivity (Wildman–Crippen MR) is 104 cm³/mol. The highest BCUT2D eigenvalue weighted by Crippen LogP contribution is 2.07. The van der Waals surface area contributed by atoms with Crippen molar-refractivity contribution in [3.05, 3.63) is 101 Å². The summed E-state index contributed by atoms with van der Waals surface area (Å²) in [7, 11) is 0. The highest BCUT2D eigenvalue weighted by Gasteiger charge is 2.41. The molecule has 1 aliphatic heterocycles. The molecule has 1 aliphatic rings. The largest absolute Gasteiger partial charge is 0.272 e. The lowest BCUT2D eigenvalue weighted by Crippen LogP contribution is -3.22. The van der Waals surface area contributed by atoms with Crippen molar-refractivity contribution in [1.29, 1.82) is 0 Å². The lowest BCUT2D eigenvalue weighted by atomic mass is 10.1. The molecule has 2 unspecified atom stereocenters. The van der Waals surface area contributed by atoms with Gasteiger partial charge in [0.2, 0.25) is 0 Å². The van der Waals surface area contributed by atoms with Gasteiger partial charge in [-0.3, -0.25) is 9.80 Å². The molecular weight excluding hydrogens is 318 g/mol. The summed E-state index contributed by atoms with van der Waals surface area (Å²) >= 11 is 0. The van der Waals surface area contributed by atoms with Gasteiger partial charge in [0.1, 0.15) is 26.2 Å². The average molecular weight is 345 g/mol. The fourth-order valence-corrected chi connectivity index (χ4v) is 4.14. The molecule has 3 heteroatoms. The third kappa shape index (κ3) is 3.85. The van der Waals surface area contributed by atoms with E-state index in [9.17, 15) is 0 Å². The molecule has 4 rings (SSSR count). The van der Waals surface area contributed by atoms with Gasteiger partial charge >= 0.3 is 0 Å². The van der Waals surface area contributed by atoms with E-state index in [1.54, 1.807) is 9.80 Å². The summed E-state index contributed by atoms with van der Waals surface area (Å²) in [5.74, 6) is 0. The van der Waals surface area contributed by atoms with Gasteiger partial charge in [0, 0.05) is 16.8 Å². The van der Waals surface area contributed by atoms with E-state index in [0.717, 1.165) is 18.8 Å². The molecule has 2 aromatic carbocycles. The highest BCUT2D eigenvalue weighted by atomic mass is 15.4. The minimum absolute atomic E-state index is 0.385. The Kier molecular flexibility index (Phi) is 5.09. The molecule has 132 valence electrons. The Morgan fingerprint density at radius 1 is 0.731 bits per heavy atom. The second kappa shape index (κ2) is 7.81. The van der Waals surface area contributed by atoms with Crippen LogP contribution >= 0.6 is 0 Å². The van der Waals surface area contributed by atoms with Crippen molar-refractivity contribution < 1.29 is 9.80 Å². The summed E-state index contributed by atoms with van der Waals surface area (Å²) < 4.78 is 0. The Labute approximate surface area is 155 Å². The number of hydrogen-bond donors (Lipinski definition) is 2. The molecule has 0 spiro atoms. The normalized spacial score (nSPS) is 22.4. The van der Waals surface area contributed by atoms with E-state index in [1.807, 2.05) is 0 Å². The monoisotopic (exact) mass is 345 g/mol. The van der Waals surface area contributed by atoms with Crippen LogP contribution in [0.15, 0.2) is 78.9 Å². The maximum atomic E-state index is 4.90. The minimum atomic E-state index is 0.385. The van der Waals surface area contributed by atoms with E-state index in [4.69, 9.17) is 4.98 Å². The van der Waals surface area contributed by atoms with Crippen molar-refractivity contribution in [3.63, 3.8) is 0 Å². The summed E-state index contributed by atoms with van der Waals surface area (Å²) in [5.41, 5.74) is 5.13. The quantitative estimate of drug-likeness (QED) is 0.720. The molecule has 2 atom stereocenters. The molecule has 0 amide bonds. The van der Waals surface area contributed by atoms with E-state index in [2.05, 4.69) is 85.8 Å². The van der Waals surface area contributed by atoms with Gasteiger partial charge in [-0.1, -0.05) is 66.7 Å². The molecule has 1 fully saturated rings. The topological polar surface area (TPSA) is 21.8 Å². The number of pyridine rings is 1. The molecule has 3 nitrogen and oxygen atoms in total. The standard InChI is InChI=1S/C23H25N3/c1-19-9-8-14-22(24-19)23-25(17-20-10-4-2-5-11-20)15-16-26(23)18-21-12-6-3-7-13-21/h2-14,23H,15-18H2,1H3/p+2. The molecule has 0 bridgehead atoms. The van der Waals surface area contributed by atoms with Crippen LogP contribution < -0.4 is 9.80 Å². The van der Waals surface area contributed by atoms with Crippen molar-refractivity contribution >= 4 is 0 Å². The third-order valence-corrected chi connectivity index (χ3v) is 5.34. The zero-order chi connectivity index (χ0) is 17.8. The first-order valence-electron chi connectivity index (χ1n) is 9.50. The number of hydrogen-bond acceptors (Lipinski definition) is 1. The van der Waals surface area contributed by atoms with E-state index in [0.29, 0.717) is 6.17 Å². The van der Waals surface area contributed by atoms with Gasteiger partial charge in [-0.25, -0.2) is 4.98 Å².